The van der Waals surface area contributed by atoms with Gasteiger partial charge < -0.3 is 30.7 Å². The van der Waals surface area contributed by atoms with E-state index in [0.717, 1.165) is 11.3 Å². The fourth-order valence-corrected chi connectivity index (χ4v) is 5.43. The van der Waals surface area contributed by atoms with Crippen molar-refractivity contribution < 1.29 is 32.2 Å². The first-order chi connectivity index (χ1) is 12.2. The number of ether oxygens (including phenoxy) is 2. The van der Waals surface area contributed by atoms with E-state index in [2.05, 4.69) is 0 Å². The lowest BCUT2D eigenvalue weighted by Gasteiger charge is -2.12. The Morgan fingerprint density at radius 3 is 2.19 bits per heavy atom. The second kappa shape index (κ2) is 8.63. The molecule has 146 valence electrons. The Hall–Kier alpha value is -1.24. The van der Waals surface area contributed by atoms with Gasteiger partial charge in [0.15, 0.2) is 11.5 Å². The molecule has 0 unspecified atom stereocenters. The molecular formula is C13H20N3O7PS2. The third kappa shape index (κ3) is 5.63. The van der Waals surface area contributed by atoms with Crippen molar-refractivity contribution in [3.63, 3.8) is 0 Å². The minimum absolute atomic E-state index is 0.0818. The maximum absolute atomic E-state index is 12.2. The molecule has 0 atom stereocenters. The largest absolute Gasteiger partial charge is 0.488 e. The van der Waals surface area contributed by atoms with Crippen molar-refractivity contribution in [2.45, 2.75) is 4.21 Å². The maximum atomic E-state index is 12.2. The van der Waals surface area contributed by atoms with E-state index in [1.165, 1.54) is 6.07 Å². The Morgan fingerprint density at radius 2 is 1.65 bits per heavy atom. The summed E-state index contributed by atoms with van der Waals surface area (Å²) >= 11 is 0.940. The van der Waals surface area contributed by atoms with E-state index in [9.17, 15) is 13.0 Å². The molecule has 0 bridgehead atoms. The van der Waals surface area contributed by atoms with Crippen molar-refractivity contribution in [3.8, 4) is 11.5 Å². The quantitative estimate of drug-likeness (QED) is 0.328. The summed E-state index contributed by atoms with van der Waals surface area (Å²) in [6.07, 6.45) is -0.973. The number of hydrogen-bond donors (Lipinski definition) is 5. The van der Waals surface area contributed by atoms with Gasteiger partial charge in [0.2, 0.25) is 0 Å². The number of nitrogens with one attached hydrogen (secondary N) is 1. The zero-order valence-electron chi connectivity index (χ0n) is 13.6. The van der Waals surface area contributed by atoms with Gasteiger partial charge in [0.1, 0.15) is 23.7 Å². The van der Waals surface area contributed by atoms with Gasteiger partial charge in [0, 0.05) is 23.9 Å². The molecule has 26 heavy (non-hydrogen) atoms. The summed E-state index contributed by atoms with van der Waals surface area (Å²) in [6.45, 7) is 1.10. The van der Waals surface area contributed by atoms with Gasteiger partial charge in [0.25, 0.3) is 10.0 Å². The SMILES string of the molecule is NCCOc1cc2cc(S(=O)(=O)NCP(=O)(O)O)sc2cc1OCCN. The van der Waals surface area contributed by atoms with Crippen molar-refractivity contribution in [1.82, 2.24) is 4.72 Å². The standard InChI is InChI=1S/C13H20N3O7PS2/c14-1-3-22-10-5-9-6-13(26(20,21)16-8-24(17,18)19)25-12(9)7-11(10)23-4-2-15/h5-7,16H,1-4,8,14-15H2,(H2,17,18,19). The van der Waals surface area contributed by atoms with Crippen molar-refractivity contribution in [2.75, 3.05) is 32.6 Å². The molecule has 0 amide bonds. The number of benzene rings is 1. The highest BCUT2D eigenvalue weighted by Crippen LogP contribution is 2.39. The van der Waals surface area contributed by atoms with Crippen LogP contribution in [0.4, 0.5) is 0 Å². The van der Waals surface area contributed by atoms with Crippen LogP contribution in [0.5, 0.6) is 11.5 Å². The number of sulfonamides is 1. The highest BCUT2D eigenvalue weighted by atomic mass is 32.2. The number of thiophene rings is 1. The van der Waals surface area contributed by atoms with Crippen LogP contribution in [0.15, 0.2) is 22.4 Å². The van der Waals surface area contributed by atoms with Crippen LogP contribution in [0.25, 0.3) is 10.1 Å². The fraction of sp³-hybridized carbons (Fsp3) is 0.385. The van der Waals surface area contributed by atoms with Crippen LogP contribution >= 0.6 is 18.9 Å². The van der Waals surface area contributed by atoms with Crippen LogP contribution in [0, 0.1) is 0 Å². The average molecular weight is 425 g/mol. The second-order valence-corrected chi connectivity index (χ2v) is 9.87. The summed E-state index contributed by atoms with van der Waals surface area (Å²) in [5, 5.41) is 0.582. The predicted molar refractivity (Wildman–Crippen MR) is 98.2 cm³/mol. The summed E-state index contributed by atoms with van der Waals surface area (Å²) in [5.74, 6) is 0.812. The maximum Gasteiger partial charge on any atom is 0.340 e. The molecule has 1 aromatic carbocycles. The Bertz CT molecular complexity index is 865. The van der Waals surface area contributed by atoms with Gasteiger partial charge in [-0.2, -0.15) is 4.72 Å². The minimum Gasteiger partial charge on any atom is -0.488 e. The van der Waals surface area contributed by atoms with E-state index in [1.54, 1.807) is 12.1 Å². The van der Waals surface area contributed by atoms with Crippen LogP contribution in [0.3, 0.4) is 0 Å². The molecule has 0 radical (unpaired) electrons. The smallest absolute Gasteiger partial charge is 0.340 e. The molecule has 10 nitrogen and oxygen atoms in total. The first-order valence-electron chi connectivity index (χ1n) is 7.44. The van der Waals surface area contributed by atoms with E-state index in [1.807, 2.05) is 4.72 Å². The van der Waals surface area contributed by atoms with Gasteiger partial charge >= 0.3 is 7.60 Å². The lowest BCUT2D eigenvalue weighted by molar-refractivity contribution is 0.278. The minimum atomic E-state index is -4.51. The number of hydrogen-bond acceptors (Lipinski definition) is 8. The number of nitrogens with two attached hydrogens (primary N) is 2. The molecule has 0 saturated carbocycles. The van der Waals surface area contributed by atoms with E-state index in [0.29, 0.717) is 34.7 Å². The van der Waals surface area contributed by atoms with E-state index in [-0.39, 0.29) is 17.4 Å². The van der Waals surface area contributed by atoms with Gasteiger partial charge in [-0.05, 0) is 17.5 Å². The Kier molecular flexibility index (Phi) is 6.99. The third-order valence-electron chi connectivity index (χ3n) is 3.04. The zero-order chi connectivity index (χ0) is 19.4. The third-order valence-corrected chi connectivity index (χ3v) is 6.79. The van der Waals surface area contributed by atoms with Crippen molar-refractivity contribution in [1.29, 1.82) is 0 Å². The second-order valence-electron chi connectivity index (χ2n) is 5.15. The average Bonchev–Trinajstić information content (AvgIpc) is 2.99. The topological polar surface area (TPSA) is 174 Å². The molecule has 0 aliphatic rings. The summed E-state index contributed by atoms with van der Waals surface area (Å²) < 4.78 is 48.8. The van der Waals surface area contributed by atoms with E-state index >= 15 is 0 Å². The lowest BCUT2D eigenvalue weighted by atomic mass is 10.2. The first kappa shape index (κ1) is 21.1. The lowest BCUT2D eigenvalue weighted by Crippen LogP contribution is -2.23. The molecule has 1 heterocycles. The Balaban J connectivity index is 2.38. The summed E-state index contributed by atoms with van der Waals surface area (Å²) in [6, 6.07) is 4.64. The molecule has 0 saturated heterocycles. The van der Waals surface area contributed by atoms with Gasteiger partial charge in [0.05, 0.1) is 0 Å². The summed E-state index contributed by atoms with van der Waals surface area (Å²) in [4.78, 5) is 17.7. The molecule has 13 heteroatoms. The van der Waals surface area contributed by atoms with Crippen molar-refractivity contribution >= 4 is 39.0 Å². The summed E-state index contributed by atoms with van der Waals surface area (Å²) in [7, 11) is -8.57. The van der Waals surface area contributed by atoms with Gasteiger partial charge in [-0.25, -0.2) is 8.42 Å². The van der Waals surface area contributed by atoms with Gasteiger partial charge in [-0.15, -0.1) is 11.3 Å². The predicted octanol–water partition coefficient (Wildman–Crippen LogP) is -0.0102. The molecule has 2 rings (SSSR count). The van der Waals surface area contributed by atoms with Crippen LogP contribution < -0.4 is 25.7 Å². The zero-order valence-corrected chi connectivity index (χ0v) is 16.1. The molecule has 0 aliphatic carbocycles. The monoisotopic (exact) mass is 425 g/mol. The van der Waals surface area contributed by atoms with Gasteiger partial charge in [-0.3, -0.25) is 4.57 Å². The van der Waals surface area contributed by atoms with Crippen LogP contribution in [0.1, 0.15) is 0 Å². The fourth-order valence-electron chi connectivity index (χ4n) is 1.96. The van der Waals surface area contributed by atoms with Crippen LogP contribution in [-0.2, 0) is 14.6 Å². The molecular weight excluding hydrogens is 405 g/mol. The van der Waals surface area contributed by atoms with Crippen LogP contribution in [0.2, 0.25) is 0 Å². The molecule has 7 N–H and O–H groups in total. The van der Waals surface area contributed by atoms with Crippen molar-refractivity contribution in [2.24, 2.45) is 11.5 Å². The normalized spacial score (nSPS) is 12.5. The first-order valence-corrected chi connectivity index (χ1v) is 11.5. The van der Waals surface area contributed by atoms with Crippen LogP contribution in [-0.4, -0.2) is 50.8 Å². The summed E-state index contributed by atoms with van der Waals surface area (Å²) in [5.41, 5.74) is 10.9. The molecule has 1 aromatic heterocycles. The number of fused-ring (bicyclic) bond motifs is 1. The van der Waals surface area contributed by atoms with E-state index < -0.39 is 23.9 Å². The highest BCUT2D eigenvalue weighted by molar-refractivity contribution is 7.92. The Labute approximate surface area is 154 Å². The van der Waals surface area contributed by atoms with Crippen molar-refractivity contribution in [3.05, 3.63) is 18.2 Å². The highest BCUT2D eigenvalue weighted by Gasteiger charge is 2.23. The molecule has 0 fully saturated rings. The molecule has 0 spiro atoms. The Morgan fingerprint density at radius 1 is 1.08 bits per heavy atom. The van der Waals surface area contributed by atoms with E-state index in [4.69, 9.17) is 30.7 Å². The van der Waals surface area contributed by atoms with Gasteiger partial charge in [-0.1, -0.05) is 0 Å². The number of rotatable bonds is 10. The molecule has 0 aliphatic heterocycles. The molecule has 2 aromatic rings.